The third-order valence-corrected chi connectivity index (χ3v) is 5.88. The molecule has 2 saturated carbocycles. The predicted molar refractivity (Wildman–Crippen MR) is 74.3 cm³/mol. The van der Waals surface area contributed by atoms with E-state index in [0.717, 1.165) is 18.9 Å². The second kappa shape index (κ2) is 4.84. The van der Waals surface area contributed by atoms with Crippen molar-refractivity contribution in [1.82, 2.24) is 10.6 Å². The van der Waals surface area contributed by atoms with Crippen molar-refractivity contribution >= 4 is 5.91 Å². The molecule has 2 bridgehead atoms. The zero-order valence-electron chi connectivity index (χ0n) is 12.3. The predicted octanol–water partition coefficient (Wildman–Crippen LogP) is 2.32. The van der Waals surface area contributed by atoms with Crippen LogP contribution < -0.4 is 10.6 Å². The summed E-state index contributed by atoms with van der Waals surface area (Å²) in [6.07, 6.45) is 4.91. The number of amides is 1. The van der Waals surface area contributed by atoms with Gasteiger partial charge >= 0.3 is 0 Å². The number of nitrogens with one attached hydrogen (secondary N) is 2. The largest absolute Gasteiger partial charge is 0.355 e. The molecule has 0 spiro atoms. The van der Waals surface area contributed by atoms with E-state index in [1.807, 2.05) is 0 Å². The first-order valence-corrected chi connectivity index (χ1v) is 7.42. The molecular formula is C15H28N2O. The second-order valence-electron chi connectivity index (χ2n) is 6.89. The zero-order chi connectivity index (χ0) is 13.4. The first-order chi connectivity index (χ1) is 8.41. The molecular weight excluding hydrogens is 224 g/mol. The van der Waals surface area contributed by atoms with Gasteiger partial charge in [0.25, 0.3) is 0 Å². The summed E-state index contributed by atoms with van der Waals surface area (Å²) in [6, 6.07) is 0.513. The molecule has 0 aromatic heterocycles. The van der Waals surface area contributed by atoms with Gasteiger partial charge in [-0.05, 0) is 42.4 Å². The fraction of sp³-hybridized carbons (Fsp3) is 0.933. The van der Waals surface area contributed by atoms with E-state index in [2.05, 4.69) is 38.3 Å². The quantitative estimate of drug-likeness (QED) is 0.788. The van der Waals surface area contributed by atoms with Crippen LogP contribution >= 0.6 is 0 Å². The maximum atomic E-state index is 11.7. The monoisotopic (exact) mass is 252 g/mol. The topological polar surface area (TPSA) is 41.1 Å². The van der Waals surface area contributed by atoms with Crippen molar-refractivity contribution in [3.05, 3.63) is 0 Å². The van der Waals surface area contributed by atoms with Gasteiger partial charge in [-0.3, -0.25) is 4.79 Å². The molecule has 2 rings (SSSR count). The van der Waals surface area contributed by atoms with Crippen molar-refractivity contribution in [3.8, 4) is 0 Å². The SMILES string of the molecule is CCCNC(=O)CNC1CC2CCC1(C)C2(C)C. The Labute approximate surface area is 111 Å². The molecule has 3 atom stereocenters. The highest BCUT2D eigenvalue weighted by atomic mass is 16.1. The number of hydrogen-bond donors (Lipinski definition) is 2. The van der Waals surface area contributed by atoms with Crippen LogP contribution in [-0.2, 0) is 4.79 Å². The van der Waals surface area contributed by atoms with E-state index >= 15 is 0 Å². The Morgan fingerprint density at radius 1 is 1.33 bits per heavy atom. The minimum absolute atomic E-state index is 0.140. The molecule has 0 aromatic rings. The highest BCUT2D eigenvalue weighted by molar-refractivity contribution is 5.78. The van der Waals surface area contributed by atoms with Gasteiger partial charge in [-0.15, -0.1) is 0 Å². The molecule has 104 valence electrons. The lowest BCUT2D eigenvalue weighted by molar-refractivity contribution is -0.120. The third kappa shape index (κ3) is 2.07. The van der Waals surface area contributed by atoms with Gasteiger partial charge in [0, 0.05) is 12.6 Å². The Balaban J connectivity index is 1.87. The van der Waals surface area contributed by atoms with Crippen molar-refractivity contribution in [3.63, 3.8) is 0 Å². The molecule has 3 nitrogen and oxygen atoms in total. The molecule has 2 fully saturated rings. The average Bonchev–Trinajstić information content (AvgIpc) is 2.66. The van der Waals surface area contributed by atoms with Crippen molar-refractivity contribution in [2.45, 2.75) is 59.4 Å². The minimum Gasteiger partial charge on any atom is -0.355 e. The van der Waals surface area contributed by atoms with Crippen molar-refractivity contribution in [1.29, 1.82) is 0 Å². The smallest absolute Gasteiger partial charge is 0.233 e. The van der Waals surface area contributed by atoms with E-state index in [1.165, 1.54) is 19.3 Å². The summed E-state index contributed by atoms with van der Waals surface area (Å²) in [7, 11) is 0. The van der Waals surface area contributed by atoms with Crippen LogP contribution in [0.25, 0.3) is 0 Å². The Bertz CT molecular complexity index is 326. The number of fused-ring (bicyclic) bond motifs is 2. The zero-order valence-corrected chi connectivity index (χ0v) is 12.3. The van der Waals surface area contributed by atoms with Gasteiger partial charge < -0.3 is 10.6 Å². The molecule has 0 heterocycles. The minimum atomic E-state index is 0.140. The van der Waals surface area contributed by atoms with Crippen LogP contribution in [0.4, 0.5) is 0 Å². The molecule has 18 heavy (non-hydrogen) atoms. The lowest BCUT2D eigenvalue weighted by atomic mass is 9.69. The maximum Gasteiger partial charge on any atom is 0.233 e. The Hall–Kier alpha value is -0.570. The summed E-state index contributed by atoms with van der Waals surface area (Å²) >= 11 is 0. The van der Waals surface area contributed by atoms with E-state index in [9.17, 15) is 4.79 Å². The van der Waals surface area contributed by atoms with Crippen LogP contribution in [0, 0.1) is 16.7 Å². The van der Waals surface area contributed by atoms with Crippen LogP contribution in [0.15, 0.2) is 0 Å². The van der Waals surface area contributed by atoms with Crippen molar-refractivity contribution in [2.24, 2.45) is 16.7 Å². The summed E-state index contributed by atoms with van der Waals surface area (Å²) in [5, 5.41) is 6.44. The average molecular weight is 252 g/mol. The molecule has 0 saturated heterocycles. The summed E-state index contributed by atoms with van der Waals surface area (Å²) < 4.78 is 0. The molecule has 1 amide bonds. The van der Waals surface area contributed by atoms with E-state index in [-0.39, 0.29) is 5.91 Å². The molecule has 0 aliphatic heterocycles. The molecule has 2 N–H and O–H groups in total. The van der Waals surface area contributed by atoms with Crippen molar-refractivity contribution in [2.75, 3.05) is 13.1 Å². The van der Waals surface area contributed by atoms with E-state index in [1.54, 1.807) is 0 Å². The molecule has 0 radical (unpaired) electrons. The third-order valence-electron chi connectivity index (χ3n) is 5.88. The normalized spacial score (nSPS) is 36.9. The fourth-order valence-electron chi connectivity index (χ4n) is 4.06. The molecule has 0 aromatic carbocycles. The van der Waals surface area contributed by atoms with Gasteiger partial charge in [-0.2, -0.15) is 0 Å². The first kappa shape index (κ1) is 13.9. The lowest BCUT2D eigenvalue weighted by Crippen LogP contribution is -2.47. The van der Waals surface area contributed by atoms with Gasteiger partial charge in [0.1, 0.15) is 0 Å². The van der Waals surface area contributed by atoms with Gasteiger partial charge in [-0.1, -0.05) is 27.7 Å². The summed E-state index contributed by atoms with van der Waals surface area (Å²) in [6.45, 7) is 10.6. The standard InChI is InChI=1S/C15H28N2O/c1-5-8-16-13(18)10-17-12-9-11-6-7-15(12,4)14(11,2)3/h11-12,17H,5-10H2,1-4H3,(H,16,18). The number of hydrogen-bond acceptors (Lipinski definition) is 2. The number of rotatable bonds is 5. The van der Waals surface area contributed by atoms with Gasteiger partial charge in [0.15, 0.2) is 0 Å². The first-order valence-electron chi connectivity index (χ1n) is 7.42. The summed E-state index contributed by atoms with van der Waals surface area (Å²) in [5.74, 6) is 0.972. The molecule has 2 aliphatic rings. The summed E-state index contributed by atoms with van der Waals surface area (Å²) in [4.78, 5) is 11.7. The Morgan fingerprint density at radius 2 is 2.06 bits per heavy atom. The molecule has 3 unspecified atom stereocenters. The lowest BCUT2D eigenvalue weighted by Gasteiger charge is -2.39. The van der Waals surface area contributed by atoms with Gasteiger partial charge in [-0.25, -0.2) is 0 Å². The second-order valence-corrected chi connectivity index (χ2v) is 6.89. The Morgan fingerprint density at radius 3 is 2.56 bits per heavy atom. The van der Waals surface area contributed by atoms with E-state index < -0.39 is 0 Å². The van der Waals surface area contributed by atoms with Crippen LogP contribution in [0.3, 0.4) is 0 Å². The van der Waals surface area contributed by atoms with Crippen molar-refractivity contribution < 1.29 is 4.79 Å². The molecule has 3 heteroatoms. The van der Waals surface area contributed by atoms with Crippen LogP contribution in [-0.4, -0.2) is 25.0 Å². The molecule has 2 aliphatic carbocycles. The highest BCUT2D eigenvalue weighted by Gasteiger charge is 2.60. The fourth-order valence-corrected chi connectivity index (χ4v) is 4.06. The van der Waals surface area contributed by atoms with Crippen LogP contribution in [0.5, 0.6) is 0 Å². The number of carbonyl (C=O) groups is 1. The van der Waals surface area contributed by atoms with Crippen LogP contribution in [0.1, 0.15) is 53.4 Å². The van der Waals surface area contributed by atoms with Gasteiger partial charge in [0.2, 0.25) is 5.91 Å². The highest BCUT2D eigenvalue weighted by Crippen LogP contribution is 2.65. The Kier molecular flexibility index (Phi) is 3.72. The van der Waals surface area contributed by atoms with Gasteiger partial charge in [0.05, 0.1) is 6.54 Å². The van der Waals surface area contributed by atoms with E-state index in [0.29, 0.717) is 23.4 Å². The number of carbonyl (C=O) groups excluding carboxylic acids is 1. The van der Waals surface area contributed by atoms with E-state index in [4.69, 9.17) is 0 Å². The summed E-state index contributed by atoms with van der Waals surface area (Å²) in [5.41, 5.74) is 0.785. The maximum absolute atomic E-state index is 11.7. The van der Waals surface area contributed by atoms with Crippen LogP contribution in [0.2, 0.25) is 0 Å².